The molecule has 0 bridgehead atoms. The lowest BCUT2D eigenvalue weighted by Gasteiger charge is -2.20. The van der Waals surface area contributed by atoms with Crippen LogP contribution in [0.1, 0.15) is 12.5 Å². The molecule has 1 aromatic rings. The summed E-state index contributed by atoms with van der Waals surface area (Å²) in [4.78, 5) is 20.8. The fraction of sp³-hybridized carbons (Fsp3) is 0.222. The molecule has 0 aliphatic heterocycles. The minimum atomic E-state index is -1.59. The van der Waals surface area contributed by atoms with Gasteiger partial charge in [0, 0.05) is 16.6 Å². The number of hydrogen-bond acceptors (Lipinski definition) is 4. The van der Waals surface area contributed by atoms with Crippen molar-refractivity contribution in [2.75, 3.05) is 0 Å². The number of nitrogens with zero attached hydrogens (tertiary/aromatic N) is 1. The number of non-ortho nitro benzene ring substituents is 1. The van der Waals surface area contributed by atoms with Crippen molar-refractivity contribution in [3.05, 3.63) is 38.3 Å². The van der Waals surface area contributed by atoms with Crippen molar-refractivity contribution in [2.45, 2.75) is 12.5 Å². The first kappa shape index (κ1) is 12.6. The van der Waals surface area contributed by atoms with Crippen LogP contribution in [0.25, 0.3) is 0 Å². The van der Waals surface area contributed by atoms with Gasteiger partial charge in [-0.2, -0.15) is 0 Å². The number of carboxylic acid groups (broad SMARTS) is 1. The molecular formula is C9H9BrN2O4. The van der Waals surface area contributed by atoms with Crippen LogP contribution in [0, 0.1) is 10.1 Å². The Morgan fingerprint density at radius 1 is 1.62 bits per heavy atom. The average Bonchev–Trinajstić information content (AvgIpc) is 2.16. The normalized spacial score (nSPS) is 14.2. The topological polar surface area (TPSA) is 106 Å². The highest BCUT2D eigenvalue weighted by Crippen LogP contribution is 2.30. The van der Waals surface area contributed by atoms with Gasteiger partial charge in [0.2, 0.25) is 0 Å². The third-order valence-corrected chi connectivity index (χ3v) is 2.82. The molecule has 6 nitrogen and oxygen atoms in total. The predicted octanol–water partition coefficient (Wildman–Crippen LogP) is 1.62. The van der Waals surface area contributed by atoms with E-state index in [9.17, 15) is 14.9 Å². The molecule has 0 amide bonds. The molecule has 0 unspecified atom stereocenters. The van der Waals surface area contributed by atoms with Crippen LogP contribution in [-0.2, 0) is 10.3 Å². The molecule has 0 aliphatic carbocycles. The van der Waals surface area contributed by atoms with E-state index in [1.165, 1.54) is 25.1 Å². The van der Waals surface area contributed by atoms with Crippen LogP contribution in [0.3, 0.4) is 0 Å². The summed E-state index contributed by atoms with van der Waals surface area (Å²) in [6.45, 7) is 1.32. The highest BCUT2D eigenvalue weighted by molar-refractivity contribution is 9.10. The lowest BCUT2D eigenvalue weighted by Crippen LogP contribution is -2.41. The Hall–Kier alpha value is -1.47. The molecule has 0 aromatic heterocycles. The Bertz CT molecular complexity index is 459. The van der Waals surface area contributed by atoms with Crippen LogP contribution >= 0.6 is 15.9 Å². The third kappa shape index (κ3) is 2.20. The van der Waals surface area contributed by atoms with Crippen molar-refractivity contribution in [1.82, 2.24) is 0 Å². The van der Waals surface area contributed by atoms with Gasteiger partial charge < -0.3 is 10.8 Å². The second-order valence-corrected chi connectivity index (χ2v) is 4.28. The lowest BCUT2D eigenvalue weighted by atomic mass is 9.93. The van der Waals surface area contributed by atoms with Gasteiger partial charge in [0.25, 0.3) is 5.69 Å². The summed E-state index contributed by atoms with van der Waals surface area (Å²) in [5.41, 5.74) is 4.17. The minimum absolute atomic E-state index is 0.128. The summed E-state index contributed by atoms with van der Waals surface area (Å²) in [5, 5.41) is 19.4. The number of halogens is 1. The average molecular weight is 289 g/mol. The molecule has 0 heterocycles. The Morgan fingerprint density at radius 3 is 2.56 bits per heavy atom. The molecule has 0 saturated heterocycles. The second kappa shape index (κ2) is 4.18. The number of nitrogens with two attached hydrogens (primary N) is 1. The molecule has 1 atom stereocenters. The molecule has 0 fully saturated rings. The lowest BCUT2D eigenvalue weighted by molar-refractivity contribution is -0.385. The van der Waals surface area contributed by atoms with Crippen LogP contribution in [0.2, 0.25) is 0 Å². The number of carboxylic acids is 1. The van der Waals surface area contributed by atoms with Gasteiger partial charge in [-0.1, -0.05) is 15.9 Å². The first-order chi connectivity index (χ1) is 7.26. The van der Waals surface area contributed by atoms with E-state index in [0.717, 1.165) is 0 Å². The van der Waals surface area contributed by atoms with E-state index < -0.39 is 16.4 Å². The predicted molar refractivity (Wildman–Crippen MR) is 60.0 cm³/mol. The Balaban J connectivity index is 3.28. The van der Waals surface area contributed by atoms with E-state index in [-0.39, 0.29) is 11.3 Å². The third-order valence-electron chi connectivity index (χ3n) is 2.17. The van der Waals surface area contributed by atoms with E-state index in [2.05, 4.69) is 15.9 Å². The maximum Gasteiger partial charge on any atom is 0.328 e. The molecule has 7 heteroatoms. The smallest absolute Gasteiger partial charge is 0.328 e. The summed E-state index contributed by atoms with van der Waals surface area (Å²) in [6.07, 6.45) is 0. The standard InChI is InChI=1S/C9H9BrN2O4/c1-9(11,8(13)14)6-3-2-5(12(15)16)4-7(6)10/h2-4H,11H2,1H3,(H,13,14)/t9-/m1/s1. The molecule has 0 radical (unpaired) electrons. The van der Waals surface area contributed by atoms with E-state index in [0.29, 0.717) is 4.47 Å². The van der Waals surface area contributed by atoms with Crippen molar-refractivity contribution in [1.29, 1.82) is 0 Å². The van der Waals surface area contributed by atoms with Crippen LogP contribution in [0.15, 0.2) is 22.7 Å². The Labute approximate surface area is 99.3 Å². The summed E-state index contributed by atoms with van der Waals surface area (Å²) < 4.78 is 0.300. The number of aliphatic carboxylic acids is 1. The SMILES string of the molecule is C[C@](N)(C(=O)O)c1ccc([N+](=O)[O-])cc1Br. The van der Waals surface area contributed by atoms with Crippen LogP contribution in [0.4, 0.5) is 5.69 Å². The van der Waals surface area contributed by atoms with E-state index in [4.69, 9.17) is 10.8 Å². The van der Waals surface area contributed by atoms with E-state index >= 15 is 0 Å². The molecule has 0 saturated carbocycles. The monoisotopic (exact) mass is 288 g/mol. The summed E-state index contributed by atoms with van der Waals surface area (Å²) in [6, 6.07) is 3.77. The highest BCUT2D eigenvalue weighted by atomic mass is 79.9. The number of hydrogen-bond donors (Lipinski definition) is 2. The zero-order chi connectivity index (χ0) is 12.5. The quantitative estimate of drug-likeness (QED) is 0.649. The van der Waals surface area contributed by atoms with Gasteiger partial charge in [-0.25, -0.2) is 4.79 Å². The number of nitro benzene ring substituents is 1. The van der Waals surface area contributed by atoms with Gasteiger partial charge in [0.1, 0.15) is 5.54 Å². The van der Waals surface area contributed by atoms with Crippen molar-refractivity contribution in [2.24, 2.45) is 5.73 Å². The Kier molecular flexibility index (Phi) is 3.30. The molecule has 1 aromatic carbocycles. The van der Waals surface area contributed by atoms with Crippen molar-refractivity contribution >= 4 is 27.6 Å². The number of rotatable bonds is 3. The van der Waals surface area contributed by atoms with Crippen molar-refractivity contribution in [3.8, 4) is 0 Å². The van der Waals surface area contributed by atoms with E-state index in [1.54, 1.807) is 0 Å². The van der Waals surface area contributed by atoms with Gasteiger partial charge in [0.05, 0.1) is 4.92 Å². The molecule has 0 aliphatic rings. The van der Waals surface area contributed by atoms with Crippen molar-refractivity contribution < 1.29 is 14.8 Å². The van der Waals surface area contributed by atoms with Gasteiger partial charge in [-0.3, -0.25) is 10.1 Å². The summed E-state index contributed by atoms with van der Waals surface area (Å²) >= 11 is 3.07. The van der Waals surface area contributed by atoms with Crippen LogP contribution in [-0.4, -0.2) is 16.0 Å². The van der Waals surface area contributed by atoms with Crippen LogP contribution < -0.4 is 5.73 Å². The van der Waals surface area contributed by atoms with Gasteiger partial charge in [0.15, 0.2) is 0 Å². The maximum atomic E-state index is 10.9. The highest BCUT2D eigenvalue weighted by Gasteiger charge is 2.32. The van der Waals surface area contributed by atoms with Crippen LogP contribution in [0.5, 0.6) is 0 Å². The molecule has 16 heavy (non-hydrogen) atoms. The molecule has 86 valence electrons. The van der Waals surface area contributed by atoms with Crippen molar-refractivity contribution in [3.63, 3.8) is 0 Å². The largest absolute Gasteiger partial charge is 0.480 e. The zero-order valence-corrected chi connectivity index (χ0v) is 9.89. The maximum absolute atomic E-state index is 10.9. The second-order valence-electron chi connectivity index (χ2n) is 3.43. The van der Waals surface area contributed by atoms with Gasteiger partial charge >= 0.3 is 5.97 Å². The fourth-order valence-corrected chi connectivity index (χ4v) is 1.93. The first-order valence-corrected chi connectivity index (χ1v) is 5.03. The number of benzene rings is 1. The Morgan fingerprint density at radius 2 is 2.19 bits per heavy atom. The molecule has 3 N–H and O–H groups in total. The summed E-state index contributed by atoms with van der Waals surface area (Å²) in [5.74, 6) is -1.21. The molecular weight excluding hydrogens is 280 g/mol. The van der Waals surface area contributed by atoms with Gasteiger partial charge in [-0.05, 0) is 18.6 Å². The fourth-order valence-electron chi connectivity index (χ4n) is 1.15. The minimum Gasteiger partial charge on any atom is -0.480 e. The molecule has 0 spiro atoms. The number of carbonyl (C=O) groups is 1. The number of nitro groups is 1. The summed E-state index contributed by atoms with van der Waals surface area (Å²) in [7, 11) is 0. The van der Waals surface area contributed by atoms with E-state index in [1.807, 2.05) is 0 Å². The zero-order valence-electron chi connectivity index (χ0n) is 8.31. The first-order valence-electron chi connectivity index (χ1n) is 4.23. The van der Waals surface area contributed by atoms with Gasteiger partial charge in [-0.15, -0.1) is 0 Å². The molecule has 1 rings (SSSR count).